The Labute approximate surface area is 143 Å². The summed E-state index contributed by atoms with van der Waals surface area (Å²) in [6, 6.07) is 6.32. The van der Waals surface area contributed by atoms with E-state index in [1.54, 1.807) is 31.3 Å². The van der Waals surface area contributed by atoms with E-state index in [-0.39, 0.29) is 16.8 Å². The molecule has 24 heavy (non-hydrogen) atoms. The molecule has 1 atom stereocenters. The molecule has 1 aliphatic heterocycles. The maximum atomic E-state index is 12.7. The Balaban J connectivity index is 2.03. The Bertz CT molecular complexity index is 652. The molecule has 1 saturated heterocycles. The highest BCUT2D eigenvalue weighted by Crippen LogP contribution is 2.19. The van der Waals surface area contributed by atoms with Gasteiger partial charge in [0, 0.05) is 7.05 Å². The number of carbonyl (C=O) groups is 1. The van der Waals surface area contributed by atoms with Crippen molar-refractivity contribution >= 4 is 15.9 Å². The van der Waals surface area contributed by atoms with Crippen LogP contribution >= 0.6 is 0 Å². The number of likely N-dealkylation sites (N-methyl/N-ethyl adjacent to an activating group) is 1. The quantitative estimate of drug-likeness (QED) is 0.693. The van der Waals surface area contributed by atoms with E-state index in [4.69, 9.17) is 4.74 Å². The number of rotatable bonds is 6. The monoisotopic (exact) mass is 356 g/mol. The van der Waals surface area contributed by atoms with Gasteiger partial charge in [-0.3, -0.25) is 4.79 Å². The van der Waals surface area contributed by atoms with E-state index in [0.717, 1.165) is 4.90 Å². The molecule has 0 aromatic heterocycles. The first-order chi connectivity index (χ1) is 11.4. The third-order valence-electron chi connectivity index (χ3n) is 4.39. The molecule has 1 heterocycles. The lowest BCUT2D eigenvalue weighted by molar-refractivity contribution is -0.917. The van der Waals surface area contributed by atoms with E-state index >= 15 is 0 Å². The number of hydrogen-bond acceptors (Lipinski definition) is 4. The van der Waals surface area contributed by atoms with Crippen LogP contribution in [0.2, 0.25) is 0 Å². The highest BCUT2D eigenvalue weighted by atomic mass is 32.2. The summed E-state index contributed by atoms with van der Waals surface area (Å²) in [6.07, 6.45) is 0. The Morgan fingerprint density at radius 2 is 1.88 bits per heavy atom. The van der Waals surface area contributed by atoms with Crippen LogP contribution in [0.4, 0.5) is 0 Å². The van der Waals surface area contributed by atoms with Crippen LogP contribution in [0, 0.1) is 0 Å². The first-order valence-corrected chi connectivity index (χ1v) is 9.63. The standard InChI is InChI=1S/C16H25N3O4S/c1-4-23-14-5-7-15(8-6-14)24(21,22)19-11-9-18(10-12-19)13(2)16(20)17-3/h5-8,13H,4,9-12H2,1-3H3,(H,17,20)/p+1/t13-/m0/s1. The molecule has 0 radical (unpaired) electrons. The molecule has 1 fully saturated rings. The maximum Gasteiger partial charge on any atom is 0.277 e. The number of piperazine rings is 1. The van der Waals surface area contributed by atoms with Crippen LogP contribution in [-0.2, 0) is 14.8 Å². The first-order valence-electron chi connectivity index (χ1n) is 8.19. The molecule has 0 bridgehead atoms. The summed E-state index contributed by atoms with van der Waals surface area (Å²) in [6.45, 7) is 6.34. The van der Waals surface area contributed by atoms with Crippen molar-refractivity contribution in [3.05, 3.63) is 24.3 Å². The maximum absolute atomic E-state index is 12.7. The molecule has 2 N–H and O–H groups in total. The average molecular weight is 356 g/mol. The smallest absolute Gasteiger partial charge is 0.277 e. The van der Waals surface area contributed by atoms with E-state index in [2.05, 4.69) is 5.32 Å². The van der Waals surface area contributed by atoms with E-state index in [1.807, 2.05) is 13.8 Å². The molecule has 0 aliphatic carbocycles. The summed E-state index contributed by atoms with van der Waals surface area (Å²) in [7, 11) is -1.89. The molecule has 1 amide bonds. The van der Waals surface area contributed by atoms with E-state index in [9.17, 15) is 13.2 Å². The van der Waals surface area contributed by atoms with E-state index in [0.29, 0.717) is 38.5 Å². The zero-order valence-corrected chi connectivity index (χ0v) is 15.2. The first kappa shape index (κ1) is 18.7. The molecule has 2 rings (SSSR count). The molecule has 0 unspecified atom stereocenters. The van der Waals surface area contributed by atoms with Crippen LogP contribution in [-0.4, -0.2) is 64.5 Å². The Kier molecular flexibility index (Phi) is 6.20. The fourth-order valence-electron chi connectivity index (χ4n) is 2.87. The molecular weight excluding hydrogens is 330 g/mol. The number of benzene rings is 1. The lowest BCUT2D eigenvalue weighted by Gasteiger charge is -2.34. The third-order valence-corrected chi connectivity index (χ3v) is 6.30. The van der Waals surface area contributed by atoms with Gasteiger partial charge < -0.3 is 15.0 Å². The van der Waals surface area contributed by atoms with Crippen molar-refractivity contribution in [3.8, 4) is 5.75 Å². The SMILES string of the molecule is CCOc1ccc(S(=O)(=O)N2CC[NH+]([C@@H](C)C(=O)NC)CC2)cc1. The van der Waals surface area contributed by atoms with Gasteiger partial charge >= 0.3 is 0 Å². The summed E-state index contributed by atoms with van der Waals surface area (Å²) in [5, 5.41) is 2.64. The number of hydrogen-bond donors (Lipinski definition) is 2. The zero-order chi connectivity index (χ0) is 17.7. The zero-order valence-electron chi connectivity index (χ0n) is 14.4. The van der Waals surface area contributed by atoms with Gasteiger partial charge in [-0.2, -0.15) is 4.31 Å². The molecule has 7 nitrogen and oxygen atoms in total. The Morgan fingerprint density at radius 3 is 2.38 bits per heavy atom. The van der Waals surface area contributed by atoms with Crippen molar-refractivity contribution in [1.82, 2.24) is 9.62 Å². The van der Waals surface area contributed by atoms with Gasteiger partial charge in [0.05, 0.1) is 37.7 Å². The van der Waals surface area contributed by atoms with Gasteiger partial charge in [-0.1, -0.05) is 0 Å². The number of nitrogens with one attached hydrogen (secondary N) is 2. The molecule has 1 aliphatic rings. The van der Waals surface area contributed by atoms with Crippen molar-refractivity contribution in [1.29, 1.82) is 0 Å². The highest BCUT2D eigenvalue weighted by Gasteiger charge is 2.34. The van der Waals surface area contributed by atoms with Crippen LogP contribution in [0.15, 0.2) is 29.2 Å². The summed E-state index contributed by atoms with van der Waals surface area (Å²) in [4.78, 5) is 13.1. The van der Waals surface area contributed by atoms with Crippen molar-refractivity contribution in [2.45, 2.75) is 24.8 Å². The molecule has 0 saturated carbocycles. The van der Waals surface area contributed by atoms with Gasteiger partial charge in [-0.05, 0) is 38.1 Å². The number of ether oxygens (including phenoxy) is 1. The number of amides is 1. The third kappa shape index (κ3) is 4.06. The van der Waals surface area contributed by atoms with Crippen LogP contribution in [0.25, 0.3) is 0 Å². The second kappa shape index (κ2) is 7.96. The molecule has 1 aromatic rings. The van der Waals surface area contributed by atoms with E-state index < -0.39 is 10.0 Å². The van der Waals surface area contributed by atoms with Gasteiger partial charge in [-0.15, -0.1) is 0 Å². The number of nitrogens with zero attached hydrogens (tertiary/aromatic N) is 1. The Hall–Kier alpha value is -1.64. The second-order valence-electron chi connectivity index (χ2n) is 5.80. The minimum Gasteiger partial charge on any atom is -0.494 e. The van der Waals surface area contributed by atoms with Gasteiger partial charge in [0.1, 0.15) is 5.75 Å². The van der Waals surface area contributed by atoms with Crippen LogP contribution in [0.3, 0.4) is 0 Å². The Morgan fingerprint density at radius 1 is 1.29 bits per heavy atom. The minimum atomic E-state index is -3.50. The number of carbonyl (C=O) groups excluding carboxylic acids is 1. The second-order valence-corrected chi connectivity index (χ2v) is 7.74. The number of sulfonamides is 1. The lowest BCUT2D eigenvalue weighted by Crippen LogP contribution is -3.19. The molecular formula is C16H26N3O4S+. The molecule has 8 heteroatoms. The van der Waals surface area contributed by atoms with Gasteiger partial charge in [0.2, 0.25) is 10.0 Å². The van der Waals surface area contributed by atoms with Crippen LogP contribution in [0.1, 0.15) is 13.8 Å². The van der Waals surface area contributed by atoms with Gasteiger partial charge in [0.25, 0.3) is 5.91 Å². The van der Waals surface area contributed by atoms with Crippen molar-refractivity contribution < 1.29 is 22.8 Å². The van der Waals surface area contributed by atoms with E-state index in [1.165, 1.54) is 4.31 Å². The van der Waals surface area contributed by atoms with Crippen LogP contribution < -0.4 is 15.0 Å². The minimum absolute atomic E-state index is 0.0205. The molecule has 134 valence electrons. The topological polar surface area (TPSA) is 80.2 Å². The van der Waals surface area contributed by atoms with Crippen molar-refractivity contribution in [3.63, 3.8) is 0 Å². The summed E-state index contributed by atoms with van der Waals surface area (Å²) >= 11 is 0. The summed E-state index contributed by atoms with van der Waals surface area (Å²) in [5.74, 6) is 0.637. The summed E-state index contributed by atoms with van der Waals surface area (Å²) < 4.78 is 32.3. The normalized spacial score (nSPS) is 18.1. The van der Waals surface area contributed by atoms with Crippen LogP contribution in [0.5, 0.6) is 5.75 Å². The average Bonchev–Trinajstić information content (AvgIpc) is 2.61. The van der Waals surface area contributed by atoms with Gasteiger partial charge in [-0.25, -0.2) is 8.42 Å². The predicted octanol–water partition coefficient (Wildman–Crippen LogP) is -0.891. The van der Waals surface area contributed by atoms with Crippen molar-refractivity contribution in [2.24, 2.45) is 0 Å². The largest absolute Gasteiger partial charge is 0.494 e. The number of quaternary nitrogens is 1. The molecule has 0 spiro atoms. The van der Waals surface area contributed by atoms with Gasteiger partial charge in [0.15, 0.2) is 6.04 Å². The predicted molar refractivity (Wildman–Crippen MR) is 90.6 cm³/mol. The molecule has 1 aromatic carbocycles. The van der Waals surface area contributed by atoms with Crippen molar-refractivity contribution in [2.75, 3.05) is 39.8 Å². The fraction of sp³-hybridized carbons (Fsp3) is 0.562. The highest BCUT2D eigenvalue weighted by molar-refractivity contribution is 7.89. The lowest BCUT2D eigenvalue weighted by atomic mass is 10.2. The summed E-state index contributed by atoms with van der Waals surface area (Å²) in [5.41, 5.74) is 0. The fourth-order valence-corrected chi connectivity index (χ4v) is 4.31.